The molecule has 0 aromatic carbocycles. The zero-order valence-corrected chi connectivity index (χ0v) is 8.21. The summed E-state index contributed by atoms with van der Waals surface area (Å²) < 4.78 is 0. The van der Waals surface area contributed by atoms with E-state index in [4.69, 9.17) is 5.11 Å². The lowest BCUT2D eigenvalue weighted by molar-refractivity contribution is -0.130. The highest BCUT2D eigenvalue weighted by atomic mass is 16.4. The van der Waals surface area contributed by atoms with E-state index in [2.05, 4.69) is 15.0 Å². The van der Waals surface area contributed by atoms with Gasteiger partial charge < -0.3 is 5.11 Å². The standard InChI is InChI=1S/C11H7N3O2/c15-11(16)6-2-1-3-7-9(6)10-8(4-12-7)13-5-14-10/h1,3-5H,2H2,(H,15,16). The lowest BCUT2D eigenvalue weighted by atomic mass is 10.0. The molecule has 5 nitrogen and oxygen atoms in total. The van der Waals surface area contributed by atoms with Crippen LogP contribution in [0.25, 0.3) is 11.6 Å². The predicted molar refractivity (Wildman–Crippen MR) is 57.9 cm³/mol. The summed E-state index contributed by atoms with van der Waals surface area (Å²) >= 11 is 0. The van der Waals surface area contributed by atoms with Crippen molar-refractivity contribution in [1.82, 2.24) is 4.98 Å². The Hall–Kier alpha value is -2.30. The Morgan fingerprint density at radius 3 is 3.12 bits per heavy atom. The second kappa shape index (κ2) is 3.10. The number of hydrogen-bond donors (Lipinski definition) is 1. The lowest BCUT2D eigenvalue weighted by Gasteiger charge is -2.06. The molecule has 16 heavy (non-hydrogen) atoms. The van der Waals surface area contributed by atoms with Crippen LogP contribution in [0.15, 0.2) is 22.3 Å². The van der Waals surface area contributed by atoms with E-state index in [1.165, 1.54) is 6.34 Å². The Morgan fingerprint density at radius 1 is 1.44 bits per heavy atom. The van der Waals surface area contributed by atoms with Crippen LogP contribution < -0.4 is 10.6 Å². The summed E-state index contributed by atoms with van der Waals surface area (Å²) in [5, 5.41) is 10.4. The molecule has 0 bridgehead atoms. The Labute approximate surface area is 90.2 Å². The van der Waals surface area contributed by atoms with Crippen molar-refractivity contribution in [2.24, 2.45) is 9.98 Å². The first-order valence-electron chi connectivity index (χ1n) is 4.80. The molecule has 0 spiro atoms. The number of carboxylic acid groups (broad SMARTS) is 1. The maximum Gasteiger partial charge on any atom is 0.332 e. The number of aliphatic carboxylic acids is 1. The van der Waals surface area contributed by atoms with Gasteiger partial charge in [-0.25, -0.2) is 14.8 Å². The minimum absolute atomic E-state index is 0.330. The van der Waals surface area contributed by atoms with Crippen molar-refractivity contribution in [2.45, 2.75) is 6.42 Å². The molecule has 0 saturated heterocycles. The quantitative estimate of drug-likeness (QED) is 0.715. The maximum atomic E-state index is 11.1. The Bertz CT molecular complexity index is 671. The normalized spacial score (nSPS) is 15.6. The number of rotatable bonds is 1. The smallest absolute Gasteiger partial charge is 0.332 e. The van der Waals surface area contributed by atoms with Crippen LogP contribution in [0, 0.1) is 0 Å². The van der Waals surface area contributed by atoms with E-state index in [0.29, 0.717) is 34.0 Å². The van der Waals surface area contributed by atoms with Gasteiger partial charge in [0, 0.05) is 5.22 Å². The number of hydrogen-bond acceptors (Lipinski definition) is 4. The third-order valence-corrected chi connectivity index (χ3v) is 2.60. The number of carboxylic acids is 1. The van der Waals surface area contributed by atoms with Gasteiger partial charge in [-0.1, -0.05) is 6.08 Å². The second-order valence-corrected chi connectivity index (χ2v) is 3.52. The Balaban J connectivity index is 2.52. The van der Waals surface area contributed by atoms with Gasteiger partial charge in [0.15, 0.2) is 0 Å². The summed E-state index contributed by atoms with van der Waals surface area (Å²) in [6.45, 7) is 0. The third-order valence-electron chi connectivity index (χ3n) is 2.60. The van der Waals surface area contributed by atoms with Gasteiger partial charge in [0.05, 0.1) is 17.5 Å². The van der Waals surface area contributed by atoms with Crippen LogP contribution in [-0.4, -0.2) is 22.4 Å². The fourth-order valence-electron chi connectivity index (χ4n) is 1.89. The zero-order valence-electron chi connectivity index (χ0n) is 8.21. The molecule has 2 heterocycles. The molecule has 5 heteroatoms. The molecule has 0 unspecified atom stereocenters. The van der Waals surface area contributed by atoms with Crippen LogP contribution in [0.5, 0.6) is 0 Å². The summed E-state index contributed by atoms with van der Waals surface area (Å²) in [7, 11) is 0. The van der Waals surface area contributed by atoms with Gasteiger partial charge in [0.25, 0.3) is 0 Å². The summed E-state index contributed by atoms with van der Waals surface area (Å²) in [4.78, 5) is 23.4. The lowest BCUT2D eigenvalue weighted by Crippen LogP contribution is -2.34. The molecule has 1 N–H and O–H groups in total. The fraction of sp³-hybridized carbons (Fsp3) is 0.0909. The molecule has 1 aromatic heterocycles. The predicted octanol–water partition coefficient (Wildman–Crippen LogP) is 0.0268. The van der Waals surface area contributed by atoms with E-state index >= 15 is 0 Å². The van der Waals surface area contributed by atoms with Crippen LogP contribution in [0.3, 0.4) is 0 Å². The van der Waals surface area contributed by atoms with Crippen molar-refractivity contribution < 1.29 is 9.90 Å². The van der Waals surface area contributed by atoms with E-state index in [-0.39, 0.29) is 0 Å². The van der Waals surface area contributed by atoms with E-state index in [9.17, 15) is 4.79 Å². The molecule has 0 radical (unpaired) electrons. The second-order valence-electron chi connectivity index (χ2n) is 3.52. The largest absolute Gasteiger partial charge is 0.478 e. The number of aliphatic imine (C=N–C) groups is 1. The van der Waals surface area contributed by atoms with Gasteiger partial charge >= 0.3 is 5.97 Å². The van der Waals surface area contributed by atoms with Gasteiger partial charge in [-0.3, -0.25) is 4.98 Å². The topological polar surface area (TPSA) is 74.9 Å². The van der Waals surface area contributed by atoms with Crippen molar-refractivity contribution in [3.63, 3.8) is 0 Å². The number of fused-ring (bicyclic) bond motifs is 3. The Kier molecular flexibility index (Phi) is 1.73. The molecule has 0 fully saturated rings. The van der Waals surface area contributed by atoms with Crippen LogP contribution >= 0.6 is 0 Å². The summed E-state index contributed by atoms with van der Waals surface area (Å²) in [5.41, 5.74) is 1.61. The molecule has 2 aliphatic rings. The molecular formula is C11H7N3O2. The highest BCUT2D eigenvalue weighted by Crippen LogP contribution is 2.12. The van der Waals surface area contributed by atoms with Crippen LogP contribution in [-0.2, 0) is 4.79 Å². The SMILES string of the molecule is O=C(O)C1=c2c(ncc3c2=NC=N3)C=CC1. The number of carbonyl (C=O) groups is 1. The molecule has 1 aromatic rings. The van der Waals surface area contributed by atoms with Crippen LogP contribution in [0.4, 0.5) is 5.69 Å². The maximum absolute atomic E-state index is 11.1. The third kappa shape index (κ3) is 1.11. The van der Waals surface area contributed by atoms with Crippen molar-refractivity contribution in [3.05, 3.63) is 28.5 Å². The first kappa shape index (κ1) is 8.96. The first-order chi connectivity index (χ1) is 7.77. The van der Waals surface area contributed by atoms with Crippen LogP contribution in [0.2, 0.25) is 0 Å². The van der Waals surface area contributed by atoms with Crippen molar-refractivity contribution in [1.29, 1.82) is 0 Å². The highest BCUT2D eigenvalue weighted by Gasteiger charge is 2.16. The summed E-state index contributed by atoms with van der Waals surface area (Å²) in [5.74, 6) is -0.928. The molecule has 0 amide bonds. The first-order valence-corrected chi connectivity index (χ1v) is 4.80. The molecule has 78 valence electrons. The highest BCUT2D eigenvalue weighted by molar-refractivity contribution is 6.09. The molecule has 0 saturated carbocycles. The molecular weight excluding hydrogens is 206 g/mol. The van der Waals surface area contributed by atoms with E-state index in [1.54, 1.807) is 12.3 Å². The number of aromatic nitrogens is 1. The zero-order chi connectivity index (χ0) is 11.1. The van der Waals surface area contributed by atoms with Crippen molar-refractivity contribution >= 4 is 29.6 Å². The summed E-state index contributed by atoms with van der Waals surface area (Å²) in [6.07, 6.45) is 7.04. The van der Waals surface area contributed by atoms with Crippen LogP contribution in [0.1, 0.15) is 12.1 Å². The number of pyridine rings is 1. The summed E-state index contributed by atoms with van der Waals surface area (Å²) in [6, 6.07) is 0. The Morgan fingerprint density at radius 2 is 2.31 bits per heavy atom. The van der Waals surface area contributed by atoms with Crippen molar-refractivity contribution in [2.75, 3.05) is 0 Å². The minimum Gasteiger partial charge on any atom is -0.478 e. The number of allylic oxidation sites excluding steroid dienone is 1. The average molecular weight is 213 g/mol. The van der Waals surface area contributed by atoms with Gasteiger partial charge in [-0.2, -0.15) is 0 Å². The van der Waals surface area contributed by atoms with E-state index < -0.39 is 5.97 Å². The molecule has 3 rings (SSSR count). The van der Waals surface area contributed by atoms with E-state index in [1.807, 2.05) is 6.08 Å². The van der Waals surface area contributed by atoms with E-state index in [0.717, 1.165) is 0 Å². The van der Waals surface area contributed by atoms with Gasteiger partial charge in [0.1, 0.15) is 17.4 Å². The molecule has 1 aliphatic carbocycles. The average Bonchev–Trinajstić information content (AvgIpc) is 2.76. The molecule has 1 aliphatic heterocycles. The minimum atomic E-state index is -0.928. The van der Waals surface area contributed by atoms with Gasteiger partial charge in [0.2, 0.25) is 0 Å². The number of nitrogens with zero attached hydrogens (tertiary/aromatic N) is 3. The molecule has 0 atom stereocenters. The fourth-order valence-corrected chi connectivity index (χ4v) is 1.89. The van der Waals surface area contributed by atoms with Crippen molar-refractivity contribution in [3.8, 4) is 0 Å². The van der Waals surface area contributed by atoms with Gasteiger partial charge in [-0.15, -0.1) is 0 Å². The monoisotopic (exact) mass is 213 g/mol. The van der Waals surface area contributed by atoms with Gasteiger partial charge in [-0.05, 0) is 12.5 Å².